The SMILES string of the molecule is CC[C@@H](C)Sc1ccc(NC(=O)N2CCC[C@H](O)C2)c(C)c1. The zero-order valence-electron chi connectivity index (χ0n) is 13.6. The number of rotatable bonds is 4. The van der Waals surface area contributed by atoms with Gasteiger partial charge in [-0.2, -0.15) is 0 Å². The molecule has 0 bridgehead atoms. The number of aliphatic hydroxyl groups excluding tert-OH is 1. The molecule has 2 rings (SSSR count). The smallest absolute Gasteiger partial charge is 0.321 e. The average Bonchev–Trinajstić information content (AvgIpc) is 2.49. The minimum Gasteiger partial charge on any atom is -0.391 e. The van der Waals surface area contributed by atoms with Crippen LogP contribution in [0.2, 0.25) is 0 Å². The van der Waals surface area contributed by atoms with E-state index in [1.807, 2.05) is 24.8 Å². The highest BCUT2D eigenvalue weighted by molar-refractivity contribution is 7.99. The number of amides is 2. The van der Waals surface area contributed by atoms with Crippen molar-refractivity contribution in [2.75, 3.05) is 18.4 Å². The molecule has 1 aromatic rings. The van der Waals surface area contributed by atoms with E-state index in [1.165, 1.54) is 4.90 Å². The van der Waals surface area contributed by atoms with Crippen LogP contribution in [-0.4, -0.2) is 40.5 Å². The van der Waals surface area contributed by atoms with E-state index in [9.17, 15) is 9.90 Å². The van der Waals surface area contributed by atoms with Gasteiger partial charge >= 0.3 is 6.03 Å². The van der Waals surface area contributed by atoms with Crippen LogP contribution in [0.3, 0.4) is 0 Å². The predicted molar refractivity (Wildman–Crippen MR) is 92.6 cm³/mol. The summed E-state index contributed by atoms with van der Waals surface area (Å²) in [7, 11) is 0. The minimum atomic E-state index is -0.394. The first-order chi connectivity index (χ1) is 10.5. The molecule has 1 aromatic carbocycles. The molecule has 1 aliphatic heterocycles. The summed E-state index contributed by atoms with van der Waals surface area (Å²) >= 11 is 1.86. The van der Waals surface area contributed by atoms with Crippen molar-refractivity contribution in [3.63, 3.8) is 0 Å². The maximum absolute atomic E-state index is 12.3. The number of likely N-dealkylation sites (tertiary alicyclic amines) is 1. The second-order valence-electron chi connectivity index (χ2n) is 5.99. The van der Waals surface area contributed by atoms with Crippen LogP contribution in [0, 0.1) is 6.92 Å². The number of benzene rings is 1. The van der Waals surface area contributed by atoms with E-state index in [1.54, 1.807) is 4.90 Å². The molecule has 0 aliphatic carbocycles. The number of hydrogen-bond acceptors (Lipinski definition) is 3. The van der Waals surface area contributed by atoms with Gasteiger partial charge in [0.05, 0.1) is 6.10 Å². The van der Waals surface area contributed by atoms with Crippen LogP contribution in [0.1, 0.15) is 38.7 Å². The van der Waals surface area contributed by atoms with Crippen molar-refractivity contribution < 1.29 is 9.90 Å². The van der Waals surface area contributed by atoms with Gasteiger partial charge in [-0.1, -0.05) is 13.8 Å². The van der Waals surface area contributed by atoms with E-state index in [0.717, 1.165) is 30.5 Å². The van der Waals surface area contributed by atoms with Gasteiger partial charge in [-0.15, -0.1) is 11.8 Å². The van der Waals surface area contributed by atoms with Gasteiger partial charge in [-0.05, 0) is 49.9 Å². The van der Waals surface area contributed by atoms with Gasteiger partial charge in [0.1, 0.15) is 0 Å². The number of piperidine rings is 1. The lowest BCUT2D eigenvalue weighted by molar-refractivity contribution is 0.0883. The summed E-state index contributed by atoms with van der Waals surface area (Å²) in [6.45, 7) is 7.56. The van der Waals surface area contributed by atoms with Gasteiger partial charge in [0, 0.05) is 28.9 Å². The number of β-amino-alcohol motifs (C(OH)–C–C–N with tert-alkyl or cyclic N) is 1. The summed E-state index contributed by atoms with van der Waals surface area (Å²) in [5, 5.41) is 13.2. The van der Waals surface area contributed by atoms with Crippen molar-refractivity contribution in [3.05, 3.63) is 23.8 Å². The third-order valence-corrected chi connectivity index (χ3v) is 5.30. The minimum absolute atomic E-state index is 0.121. The molecule has 0 unspecified atom stereocenters. The lowest BCUT2D eigenvalue weighted by Crippen LogP contribution is -2.44. The van der Waals surface area contributed by atoms with Gasteiger partial charge in [0.2, 0.25) is 0 Å². The number of anilines is 1. The van der Waals surface area contributed by atoms with Gasteiger partial charge in [-0.25, -0.2) is 4.79 Å². The number of thioether (sulfide) groups is 1. The van der Waals surface area contributed by atoms with E-state index < -0.39 is 6.10 Å². The van der Waals surface area contributed by atoms with E-state index in [2.05, 4.69) is 31.3 Å². The lowest BCUT2D eigenvalue weighted by atomic mass is 10.1. The average molecular weight is 322 g/mol. The van der Waals surface area contributed by atoms with E-state index in [-0.39, 0.29) is 6.03 Å². The Labute approximate surface area is 137 Å². The lowest BCUT2D eigenvalue weighted by Gasteiger charge is -2.30. The fourth-order valence-electron chi connectivity index (χ4n) is 2.50. The number of aryl methyl sites for hydroxylation is 1. The highest BCUT2D eigenvalue weighted by Gasteiger charge is 2.22. The molecule has 0 spiro atoms. The number of urea groups is 1. The van der Waals surface area contributed by atoms with Crippen LogP contribution in [0.5, 0.6) is 0 Å². The Morgan fingerprint density at radius 2 is 2.32 bits per heavy atom. The summed E-state index contributed by atoms with van der Waals surface area (Å²) < 4.78 is 0. The Kier molecular flexibility index (Phi) is 6.15. The predicted octanol–water partition coefficient (Wildman–Crippen LogP) is 3.87. The first-order valence-electron chi connectivity index (χ1n) is 8.01. The van der Waals surface area contributed by atoms with Crippen molar-refractivity contribution in [2.24, 2.45) is 0 Å². The van der Waals surface area contributed by atoms with Crippen molar-refractivity contribution in [1.82, 2.24) is 4.90 Å². The van der Waals surface area contributed by atoms with Crippen molar-refractivity contribution in [2.45, 2.75) is 56.3 Å². The Morgan fingerprint density at radius 3 is 2.95 bits per heavy atom. The van der Waals surface area contributed by atoms with Gasteiger partial charge < -0.3 is 15.3 Å². The molecular formula is C17H26N2O2S. The first kappa shape index (κ1) is 17.2. The Balaban J connectivity index is 1.99. The molecule has 5 heteroatoms. The highest BCUT2D eigenvalue weighted by atomic mass is 32.2. The molecule has 4 nitrogen and oxygen atoms in total. The molecule has 0 aromatic heterocycles. The summed E-state index contributed by atoms with van der Waals surface area (Å²) in [6, 6.07) is 6.03. The third-order valence-electron chi connectivity index (χ3n) is 4.04. The molecule has 2 N–H and O–H groups in total. The third kappa shape index (κ3) is 4.65. The maximum Gasteiger partial charge on any atom is 0.321 e. The summed E-state index contributed by atoms with van der Waals surface area (Å²) in [4.78, 5) is 15.2. The number of hydrogen-bond donors (Lipinski definition) is 2. The van der Waals surface area contributed by atoms with E-state index >= 15 is 0 Å². The number of nitrogens with one attached hydrogen (secondary N) is 1. The fraction of sp³-hybridized carbons (Fsp3) is 0.588. The highest BCUT2D eigenvalue weighted by Crippen LogP contribution is 2.28. The van der Waals surface area contributed by atoms with Crippen LogP contribution in [0.25, 0.3) is 0 Å². The van der Waals surface area contributed by atoms with E-state index in [4.69, 9.17) is 0 Å². The van der Waals surface area contributed by atoms with Gasteiger partial charge in [0.25, 0.3) is 0 Å². The van der Waals surface area contributed by atoms with Crippen LogP contribution < -0.4 is 5.32 Å². The fourth-order valence-corrected chi connectivity index (χ4v) is 3.52. The summed E-state index contributed by atoms with van der Waals surface area (Å²) in [6.07, 6.45) is 2.39. The monoisotopic (exact) mass is 322 g/mol. The Bertz CT molecular complexity index is 521. The number of carbonyl (C=O) groups is 1. The largest absolute Gasteiger partial charge is 0.391 e. The molecule has 1 aliphatic rings. The maximum atomic E-state index is 12.3. The molecular weight excluding hydrogens is 296 g/mol. The second kappa shape index (κ2) is 7.88. The van der Waals surface area contributed by atoms with Crippen molar-refractivity contribution >= 4 is 23.5 Å². The van der Waals surface area contributed by atoms with Crippen LogP contribution in [-0.2, 0) is 0 Å². The summed E-state index contributed by atoms with van der Waals surface area (Å²) in [5.41, 5.74) is 1.91. The molecule has 1 heterocycles. The molecule has 2 amide bonds. The molecule has 122 valence electrons. The summed E-state index contributed by atoms with van der Waals surface area (Å²) in [5.74, 6) is 0. The zero-order valence-corrected chi connectivity index (χ0v) is 14.4. The molecule has 0 radical (unpaired) electrons. The van der Waals surface area contributed by atoms with Crippen LogP contribution in [0.4, 0.5) is 10.5 Å². The standard InChI is InChI=1S/C17H26N2O2S/c1-4-13(3)22-15-7-8-16(12(2)10-15)18-17(21)19-9-5-6-14(20)11-19/h7-8,10,13-14,20H,4-6,9,11H2,1-3H3,(H,18,21)/t13-,14+/m1/s1. The number of aliphatic hydroxyl groups is 1. The molecule has 1 saturated heterocycles. The van der Waals surface area contributed by atoms with Crippen molar-refractivity contribution in [1.29, 1.82) is 0 Å². The zero-order chi connectivity index (χ0) is 16.1. The Morgan fingerprint density at radius 1 is 1.55 bits per heavy atom. The number of carbonyl (C=O) groups excluding carboxylic acids is 1. The van der Waals surface area contributed by atoms with Crippen LogP contribution in [0.15, 0.2) is 23.1 Å². The van der Waals surface area contributed by atoms with E-state index in [0.29, 0.717) is 18.3 Å². The second-order valence-corrected chi connectivity index (χ2v) is 7.50. The van der Waals surface area contributed by atoms with Crippen LogP contribution >= 0.6 is 11.8 Å². The van der Waals surface area contributed by atoms with Gasteiger partial charge in [-0.3, -0.25) is 0 Å². The quantitative estimate of drug-likeness (QED) is 0.827. The number of nitrogens with zero attached hydrogens (tertiary/aromatic N) is 1. The topological polar surface area (TPSA) is 52.6 Å². The first-order valence-corrected chi connectivity index (χ1v) is 8.89. The molecule has 1 fully saturated rings. The van der Waals surface area contributed by atoms with Gasteiger partial charge in [0.15, 0.2) is 0 Å². The molecule has 22 heavy (non-hydrogen) atoms. The normalized spacial score (nSPS) is 19.8. The Hall–Kier alpha value is -1.20. The molecule has 2 atom stereocenters. The van der Waals surface area contributed by atoms with Crippen molar-refractivity contribution in [3.8, 4) is 0 Å². The molecule has 0 saturated carbocycles.